The molecule has 0 aliphatic rings. The average molecular weight is 406 g/mol. The number of para-hydroxylation sites is 1. The summed E-state index contributed by atoms with van der Waals surface area (Å²) in [6.45, 7) is 1.89. The first-order valence-electron chi connectivity index (χ1n) is 9.08. The average Bonchev–Trinajstić information content (AvgIpc) is 3.39. The first-order valence-corrected chi connectivity index (χ1v) is 9.90. The quantitative estimate of drug-likeness (QED) is 0.480. The van der Waals surface area contributed by atoms with Gasteiger partial charge in [0.25, 0.3) is 5.91 Å². The van der Waals surface area contributed by atoms with Crippen LogP contribution in [-0.4, -0.2) is 23.0 Å². The van der Waals surface area contributed by atoms with Crippen molar-refractivity contribution in [3.63, 3.8) is 0 Å². The molecule has 2 aromatic heterocycles. The van der Waals surface area contributed by atoms with Crippen LogP contribution in [-0.2, 0) is 16.1 Å². The van der Waals surface area contributed by atoms with Gasteiger partial charge in [0.05, 0.1) is 10.2 Å². The molecule has 2 aromatic carbocycles. The number of esters is 1. The van der Waals surface area contributed by atoms with Crippen molar-refractivity contribution >= 4 is 33.4 Å². The molecule has 0 aliphatic heterocycles. The van der Waals surface area contributed by atoms with E-state index in [4.69, 9.17) is 9.15 Å². The maximum absolute atomic E-state index is 12.3. The van der Waals surface area contributed by atoms with Crippen LogP contribution in [0.1, 0.15) is 23.0 Å². The molecule has 7 heteroatoms. The number of thiazole rings is 1. The molecule has 0 radical (unpaired) electrons. The minimum atomic E-state index is -0.942. The van der Waals surface area contributed by atoms with E-state index < -0.39 is 12.1 Å². The normalized spacial score (nSPS) is 11.9. The van der Waals surface area contributed by atoms with E-state index >= 15 is 0 Å². The summed E-state index contributed by atoms with van der Waals surface area (Å²) in [6.07, 6.45) is -0.942. The highest BCUT2D eigenvalue weighted by Crippen LogP contribution is 2.31. The van der Waals surface area contributed by atoms with Crippen LogP contribution in [0.3, 0.4) is 0 Å². The maximum atomic E-state index is 12.3. The Bertz CT molecular complexity index is 1120. The van der Waals surface area contributed by atoms with Gasteiger partial charge in [0.1, 0.15) is 0 Å². The Morgan fingerprint density at radius 2 is 1.83 bits per heavy atom. The first-order chi connectivity index (χ1) is 14.1. The molecular formula is C22H18N2O4S. The van der Waals surface area contributed by atoms with Gasteiger partial charge in [-0.05, 0) is 36.8 Å². The molecule has 0 spiro atoms. The van der Waals surface area contributed by atoms with Crippen molar-refractivity contribution in [3.05, 3.63) is 78.1 Å². The Balaban J connectivity index is 1.37. The fourth-order valence-electron chi connectivity index (χ4n) is 2.74. The Labute approximate surface area is 171 Å². The van der Waals surface area contributed by atoms with E-state index in [1.165, 1.54) is 24.3 Å². The third kappa shape index (κ3) is 4.35. The molecule has 29 heavy (non-hydrogen) atoms. The summed E-state index contributed by atoms with van der Waals surface area (Å²) in [7, 11) is 0. The van der Waals surface area contributed by atoms with Gasteiger partial charge >= 0.3 is 5.97 Å². The van der Waals surface area contributed by atoms with Crippen LogP contribution in [0, 0.1) is 0 Å². The van der Waals surface area contributed by atoms with Gasteiger partial charge in [0.15, 0.2) is 16.9 Å². The lowest BCUT2D eigenvalue weighted by atomic mass is 10.2. The number of aromatic nitrogens is 1. The van der Waals surface area contributed by atoms with Crippen molar-refractivity contribution in [3.8, 4) is 10.8 Å². The van der Waals surface area contributed by atoms with Crippen LogP contribution < -0.4 is 5.32 Å². The summed E-state index contributed by atoms with van der Waals surface area (Å²) in [4.78, 5) is 29.0. The number of carbonyl (C=O) groups is 2. The topological polar surface area (TPSA) is 81.4 Å². The van der Waals surface area contributed by atoms with E-state index in [0.717, 1.165) is 15.8 Å². The van der Waals surface area contributed by atoms with Gasteiger partial charge in [-0.15, -0.1) is 11.3 Å². The van der Waals surface area contributed by atoms with Gasteiger partial charge in [-0.25, -0.2) is 9.78 Å². The lowest BCUT2D eigenvalue weighted by Crippen LogP contribution is -2.35. The van der Waals surface area contributed by atoms with E-state index in [-0.39, 0.29) is 11.7 Å². The van der Waals surface area contributed by atoms with E-state index in [9.17, 15) is 9.59 Å². The number of carbonyl (C=O) groups excluding carboxylic acids is 2. The third-order valence-corrected chi connectivity index (χ3v) is 5.33. The van der Waals surface area contributed by atoms with Crippen molar-refractivity contribution in [2.75, 3.05) is 0 Å². The smallest absolute Gasteiger partial charge is 0.375 e. The van der Waals surface area contributed by atoms with Gasteiger partial charge < -0.3 is 14.5 Å². The number of ether oxygens (including phenoxy) is 1. The fraction of sp³-hybridized carbons (Fsp3) is 0.136. The monoisotopic (exact) mass is 406 g/mol. The lowest BCUT2D eigenvalue weighted by molar-refractivity contribution is -0.129. The zero-order valence-corrected chi connectivity index (χ0v) is 16.4. The van der Waals surface area contributed by atoms with Crippen molar-refractivity contribution < 1.29 is 18.7 Å². The Hall–Kier alpha value is -3.45. The molecule has 0 fully saturated rings. The second-order valence-electron chi connectivity index (χ2n) is 6.40. The summed E-state index contributed by atoms with van der Waals surface area (Å²) < 4.78 is 11.9. The fourth-order valence-corrected chi connectivity index (χ4v) is 3.67. The number of hydrogen-bond donors (Lipinski definition) is 1. The molecule has 4 aromatic rings. The molecule has 0 saturated carbocycles. The molecule has 0 unspecified atom stereocenters. The van der Waals surface area contributed by atoms with Gasteiger partial charge in [-0.2, -0.15) is 0 Å². The van der Waals surface area contributed by atoms with E-state index in [2.05, 4.69) is 10.3 Å². The number of amides is 1. The second kappa shape index (κ2) is 8.28. The number of nitrogens with one attached hydrogen (secondary N) is 1. The Kier molecular flexibility index (Phi) is 5.39. The van der Waals surface area contributed by atoms with Crippen LogP contribution in [0.25, 0.3) is 21.0 Å². The Morgan fingerprint density at radius 1 is 1.07 bits per heavy atom. The highest BCUT2D eigenvalue weighted by atomic mass is 32.1. The number of benzene rings is 2. The lowest BCUT2D eigenvalue weighted by Gasteiger charge is -2.12. The minimum absolute atomic E-state index is 0.0296. The SMILES string of the molecule is C[C@H](OC(=O)c1ccc(-c2nc3ccccc3s2)o1)C(=O)NCc1ccccc1. The van der Waals surface area contributed by atoms with Crippen molar-refractivity contribution in [2.45, 2.75) is 19.6 Å². The van der Waals surface area contributed by atoms with E-state index in [1.807, 2.05) is 54.6 Å². The van der Waals surface area contributed by atoms with E-state index in [0.29, 0.717) is 17.3 Å². The summed E-state index contributed by atoms with van der Waals surface area (Å²) >= 11 is 1.48. The largest absolute Gasteiger partial charge is 0.447 e. The highest BCUT2D eigenvalue weighted by molar-refractivity contribution is 7.21. The number of hydrogen-bond acceptors (Lipinski definition) is 6. The zero-order valence-electron chi connectivity index (χ0n) is 15.6. The van der Waals surface area contributed by atoms with Gasteiger partial charge in [-0.3, -0.25) is 4.79 Å². The van der Waals surface area contributed by atoms with Gasteiger partial charge in [0, 0.05) is 6.54 Å². The van der Waals surface area contributed by atoms with Crippen LogP contribution in [0.4, 0.5) is 0 Å². The van der Waals surface area contributed by atoms with E-state index in [1.54, 1.807) is 6.07 Å². The summed E-state index contributed by atoms with van der Waals surface area (Å²) in [6, 6.07) is 20.5. The first kappa shape index (κ1) is 18.9. The zero-order chi connectivity index (χ0) is 20.2. The molecule has 0 saturated heterocycles. The molecule has 2 heterocycles. The van der Waals surface area contributed by atoms with Crippen molar-refractivity contribution in [1.29, 1.82) is 0 Å². The van der Waals surface area contributed by atoms with Crippen LogP contribution in [0.2, 0.25) is 0 Å². The van der Waals surface area contributed by atoms with Gasteiger partial charge in [0.2, 0.25) is 5.76 Å². The number of nitrogens with zero attached hydrogens (tertiary/aromatic N) is 1. The molecule has 4 rings (SSSR count). The van der Waals surface area contributed by atoms with Crippen LogP contribution in [0.15, 0.2) is 71.1 Å². The summed E-state index contributed by atoms with van der Waals surface area (Å²) in [5, 5.41) is 3.43. The van der Waals surface area contributed by atoms with Crippen molar-refractivity contribution in [1.82, 2.24) is 10.3 Å². The molecule has 146 valence electrons. The Morgan fingerprint density at radius 3 is 2.62 bits per heavy atom. The molecule has 0 bridgehead atoms. The summed E-state index contributed by atoms with van der Waals surface area (Å²) in [5.74, 6) is -0.554. The molecule has 1 atom stereocenters. The van der Waals surface area contributed by atoms with Gasteiger partial charge in [-0.1, -0.05) is 42.5 Å². The molecule has 6 nitrogen and oxygen atoms in total. The number of rotatable bonds is 6. The number of fused-ring (bicyclic) bond motifs is 1. The number of furan rings is 1. The second-order valence-corrected chi connectivity index (χ2v) is 7.43. The maximum Gasteiger partial charge on any atom is 0.375 e. The molecule has 1 N–H and O–H groups in total. The highest BCUT2D eigenvalue weighted by Gasteiger charge is 2.22. The van der Waals surface area contributed by atoms with Crippen LogP contribution in [0.5, 0.6) is 0 Å². The predicted molar refractivity (Wildman–Crippen MR) is 110 cm³/mol. The molecular weight excluding hydrogens is 388 g/mol. The summed E-state index contributed by atoms with van der Waals surface area (Å²) in [5.41, 5.74) is 1.84. The minimum Gasteiger partial charge on any atom is -0.447 e. The molecule has 1 amide bonds. The standard InChI is InChI=1S/C22H18N2O4S/c1-14(20(25)23-13-15-7-3-2-4-8-15)27-22(26)18-12-11-17(28-18)21-24-16-9-5-6-10-19(16)29-21/h2-12,14H,13H2,1H3,(H,23,25)/t14-/m0/s1. The molecule has 0 aliphatic carbocycles. The third-order valence-electron chi connectivity index (χ3n) is 4.27. The van der Waals surface area contributed by atoms with Crippen molar-refractivity contribution in [2.24, 2.45) is 0 Å². The van der Waals surface area contributed by atoms with Crippen LogP contribution >= 0.6 is 11.3 Å². The predicted octanol–water partition coefficient (Wildman–Crippen LogP) is 4.42.